The van der Waals surface area contributed by atoms with E-state index in [4.69, 9.17) is 11.6 Å². The van der Waals surface area contributed by atoms with Crippen LogP contribution in [0.2, 0.25) is 5.02 Å². The molecule has 2 aromatic carbocycles. The number of nitro groups is 1. The average molecular weight is 384 g/mol. The third-order valence-corrected chi connectivity index (χ3v) is 4.79. The van der Waals surface area contributed by atoms with Crippen molar-refractivity contribution < 1.29 is 18.1 Å². The minimum atomic E-state index is -3.77. The van der Waals surface area contributed by atoms with E-state index in [0.717, 1.165) is 0 Å². The van der Waals surface area contributed by atoms with Gasteiger partial charge in [-0.2, -0.15) is 0 Å². The van der Waals surface area contributed by atoms with Crippen molar-refractivity contribution in [2.24, 2.45) is 0 Å². The zero-order valence-electron chi connectivity index (χ0n) is 12.8. The van der Waals surface area contributed by atoms with Crippen molar-refractivity contribution in [2.75, 3.05) is 11.9 Å². The fourth-order valence-corrected chi connectivity index (χ4v) is 3.27. The van der Waals surface area contributed by atoms with Crippen LogP contribution in [0, 0.1) is 10.1 Å². The maximum absolute atomic E-state index is 12.1. The number of halogens is 1. The minimum absolute atomic E-state index is 0.000840. The summed E-state index contributed by atoms with van der Waals surface area (Å²) in [4.78, 5) is 21.9. The number of hydrogen-bond acceptors (Lipinski definition) is 5. The first-order chi connectivity index (χ1) is 11.8. The summed E-state index contributed by atoms with van der Waals surface area (Å²) in [7, 11) is -3.77. The van der Waals surface area contributed by atoms with Gasteiger partial charge in [-0.25, -0.2) is 13.1 Å². The summed E-state index contributed by atoms with van der Waals surface area (Å²) in [5.41, 5.74) is 0.108. The molecular formula is C15H14ClN3O5S. The third-order valence-electron chi connectivity index (χ3n) is 3.09. The van der Waals surface area contributed by atoms with Gasteiger partial charge >= 0.3 is 0 Å². The van der Waals surface area contributed by atoms with Gasteiger partial charge in [-0.15, -0.1) is 0 Å². The highest BCUT2D eigenvalue weighted by Crippen LogP contribution is 2.17. The molecule has 2 rings (SSSR count). The largest absolute Gasteiger partial charge is 0.326 e. The van der Waals surface area contributed by atoms with E-state index < -0.39 is 20.9 Å². The summed E-state index contributed by atoms with van der Waals surface area (Å²) in [5.74, 6) is -0.478. The van der Waals surface area contributed by atoms with E-state index in [1.165, 1.54) is 42.5 Å². The zero-order valence-corrected chi connectivity index (χ0v) is 14.4. The maximum Gasteiger partial charge on any atom is 0.271 e. The van der Waals surface area contributed by atoms with Crippen LogP contribution in [0.1, 0.15) is 6.42 Å². The molecule has 0 spiro atoms. The molecule has 1 amide bonds. The summed E-state index contributed by atoms with van der Waals surface area (Å²) >= 11 is 5.76. The van der Waals surface area contributed by atoms with Gasteiger partial charge in [0.15, 0.2) is 0 Å². The van der Waals surface area contributed by atoms with Crippen LogP contribution in [0.25, 0.3) is 0 Å². The molecule has 8 nitrogen and oxygen atoms in total. The number of amides is 1. The van der Waals surface area contributed by atoms with Gasteiger partial charge in [0.05, 0.1) is 9.82 Å². The first-order valence-corrected chi connectivity index (χ1v) is 8.93. The molecular weight excluding hydrogens is 370 g/mol. The van der Waals surface area contributed by atoms with E-state index in [-0.39, 0.29) is 34.3 Å². The standard InChI is InChI=1S/C15H14ClN3O5S/c16-11-3-1-6-14(9-11)25(23,24)17-8-7-15(20)18-12-4-2-5-13(10-12)19(21)22/h1-6,9-10,17H,7-8H2,(H,18,20). The summed E-state index contributed by atoms with van der Waals surface area (Å²) in [6.45, 7) is -0.129. The second kappa shape index (κ2) is 8.06. The van der Waals surface area contributed by atoms with E-state index in [1.807, 2.05) is 0 Å². The number of hydrogen-bond donors (Lipinski definition) is 2. The first-order valence-electron chi connectivity index (χ1n) is 7.07. The Morgan fingerprint density at radius 2 is 1.88 bits per heavy atom. The monoisotopic (exact) mass is 383 g/mol. The first kappa shape index (κ1) is 18.8. The molecule has 0 atom stereocenters. The van der Waals surface area contributed by atoms with Gasteiger partial charge in [-0.3, -0.25) is 14.9 Å². The Hall–Kier alpha value is -2.49. The molecule has 2 aromatic rings. The fourth-order valence-electron chi connectivity index (χ4n) is 1.94. The lowest BCUT2D eigenvalue weighted by molar-refractivity contribution is -0.384. The van der Waals surface area contributed by atoms with Crippen molar-refractivity contribution in [3.63, 3.8) is 0 Å². The third kappa shape index (κ3) is 5.52. The molecule has 0 aliphatic rings. The Bertz CT molecular complexity index is 902. The molecule has 0 saturated carbocycles. The smallest absolute Gasteiger partial charge is 0.271 e. The summed E-state index contributed by atoms with van der Waals surface area (Å²) in [5, 5.41) is 13.4. The van der Waals surface area contributed by atoms with Crippen LogP contribution in [0.3, 0.4) is 0 Å². The molecule has 0 saturated heterocycles. The molecule has 0 bridgehead atoms. The van der Waals surface area contributed by atoms with Crippen LogP contribution < -0.4 is 10.0 Å². The van der Waals surface area contributed by atoms with Gasteiger partial charge in [-0.05, 0) is 24.3 Å². The Balaban J connectivity index is 1.90. The molecule has 0 aliphatic carbocycles. The number of sulfonamides is 1. The SMILES string of the molecule is O=C(CCNS(=O)(=O)c1cccc(Cl)c1)Nc1cccc([N+](=O)[O-])c1. The van der Waals surface area contributed by atoms with Crippen molar-refractivity contribution in [3.05, 3.63) is 63.7 Å². The summed E-state index contributed by atoms with van der Waals surface area (Å²) < 4.78 is 26.4. The molecule has 0 heterocycles. The Labute approximate surface area is 149 Å². The molecule has 2 N–H and O–H groups in total. The number of carbonyl (C=O) groups is 1. The van der Waals surface area contributed by atoms with E-state index in [1.54, 1.807) is 6.07 Å². The Morgan fingerprint density at radius 1 is 1.16 bits per heavy atom. The number of carbonyl (C=O) groups excluding carboxylic acids is 1. The highest BCUT2D eigenvalue weighted by atomic mass is 35.5. The van der Waals surface area contributed by atoms with Crippen molar-refractivity contribution in [3.8, 4) is 0 Å². The highest BCUT2D eigenvalue weighted by molar-refractivity contribution is 7.89. The van der Waals surface area contributed by atoms with Crippen LogP contribution in [0.15, 0.2) is 53.4 Å². The number of non-ortho nitro benzene ring substituents is 1. The van der Waals surface area contributed by atoms with Crippen molar-refractivity contribution in [2.45, 2.75) is 11.3 Å². The van der Waals surface area contributed by atoms with Crippen molar-refractivity contribution >= 4 is 38.9 Å². The number of nitrogens with one attached hydrogen (secondary N) is 2. The van der Waals surface area contributed by atoms with Gasteiger partial charge in [0, 0.05) is 35.8 Å². The molecule has 132 valence electrons. The maximum atomic E-state index is 12.1. The second-order valence-corrected chi connectivity index (χ2v) is 7.16. The van der Waals surface area contributed by atoms with Gasteiger partial charge in [-0.1, -0.05) is 23.7 Å². The predicted octanol–water partition coefficient (Wildman–Crippen LogP) is 2.56. The predicted molar refractivity (Wildman–Crippen MR) is 93.0 cm³/mol. The number of nitrogens with zero attached hydrogens (tertiary/aromatic N) is 1. The van der Waals surface area contributed by atoms with Crippen molar-refractivity contribution in [1.82, 2.24) is 4.72 Å². The lowest BCUT2D eigenvalue weighted by Gasteiger charge is -2.08. The van der Waals surface area contributed by atoms with E-state index in [9.17, 15) is 23.3 Å². The summed E-state index contributed by atoms with van der Waals surface area (Å²) in [6.07, 6.45) is -0.136. The van der Waals surface area contributed by atoms with Crippen LogP contribution in [-0.2, 0) is 14.8 Å². The normalized spacial score (nSPS) is 11.1. The van der Waals surface area contributed by atoms with E-state index >= 15 is 0 Å². The molecule has 0 radical (unpaired) electrons. The molecule has 0 aliphatic heterocycles. The molecule has 10 heteroatoms. The fraction of sp³-hybridized carbons (Fsp3) is 0.133. The van der Waals surface area contributed by atoms with E-state index in [0.29, 0.717) is 0 Å². The molecule has 25 heavy (non-hydrogen) atoms. The molecule has 0 unspecified atom stereocenters. The van der Waals surface area contributed by atoms with Gasteiger partial charge in [0.25, 0.3) is 5.69 Å². The molecule has 0 aromatic heterocycles. The number of anilines is 1. The van der Waals surface area contributed by atoms with Crippen molar-refractivity contribution in [1.29, 1.82) is 0 Å². The zero-order chi connectivity index (χ0) is 18.4. The van der Waals surface area contributed by atoms with Gasteiger partial charge in [0.1, 0.15) is 0 Å². The quantitative estimate of drug-likeness (QED) is 0.562. The average Bonchev–Trinajstić information content (AvgIpc) is 2.55. The lowest BCUT2D eigenvalue weighted by atomic mass is 10.2. The number of benzene rings is 2. The Morgan fingerprint density at radius 3 is 2.56 bits per heavy atom. The van der Waals surface area contributed by atoms with Crippen LogP contribution in [0.4, 0.5) is 11.4 Å². The summed E-state index contributed by atoms with van der Waals surface area (Å²) in [6, 6.07) is 11.2. The lowest BCUT2D eigenvalue weighted by Crippen LogP contribution is -2.27. The van der Waals surface area contributed by atoms with Crippen LogP contribution >= 0.6 is 11.6 Å². The van der Waals surface area contributed by atoms with Crippen LogP contribution in [0.5, 0.6) is 0 Å². The minimum Gasteiger partial charge on any atom is -0.326 e. The number of rotatable bonds is 7. The van der Waals surface area contributed by atoms with E-state index in [2.05, 4.69) is 10.0 Å². The van der Waals surface area contributed by atoms with Gasteiger partial charge in [0.2, 0.25) is 15.9 Å². The topological polar surface area (TPSA) is 118 Å². The van der Waals surface area contributed by atoms with Gasteiger partial charge < -0.3 is 5.32 Å². The van der Waals surface area contributed by atoms with Crippen LogP contribution in [-0.4, -0.2) is 25.8 Å². The Kier molecular flexibility index (Phi) is 6.07. The second-order valence-electron chi connectivity index (χ2n) is 4.96. The molecule has 0 fully saturated rings. The number of nitro benzene ring substituents is 1. The highest BCUT2D eigenvalue weighted by Gasteiger charge is 2.15.